The van der Waals surface area contributed by atoms with E-state index in [2.05, 4.69) is 25.7 Å². The number of cyclic esters (lactones) is 1. The van der Waals surface area contributed by atoms with E-state index in [1.165, 1.54) is 0 Å². The molecule has 1 saturated heterocycles. The van der Waals surface area contributed by atoms with Crippen LogP contribution in [0.4, 0.5) is 4.79 Å². The van der Waals surface area contributed by atoms with Crippen molar-refractivity contribution in [3.63, 3.8) is 0 Å². The van der Waals surface area contributed by atoms with Crippen LogP contribution in [-0.4, -0.2) is 18.2 Å². The average molecular weight is 197 g/mol. The summed E-state index contributed by atoms with van der Waals surface area (Å²) in [5.41, 5.74) is 1.04. The van der Waals surface area contributed by atoms with Crippen molar-refractivity contribution >= 4 is 6.09 Å². The van der Waals surface area contributed by atoms with Gasteiger partial charge in [0.05, 0.1) is 6.04 Å². The van der Waals surface area contributed by atoms with Crippen LogP contribution in [0.15, 0.2) is 12.2 Å². The number of amides is 1. The Morgan fingerprint density at radius 1 is 1.43 bits per heavy atom. The van der Waals surface area contributed by atoms with Gasteiger partial charge in [0.15, 0.2) is 0 Å². The summed E-state index contributed by atoms with van der Waals surface area (Å²) in [7, 11) is 0. The third-order valence-corrected chi connectivity index (χ3v) is 2.64. The molecule has 0 aliphatic carbocycles. The molecule has 1 aliphatic rings. The first kappa shape index (κ1) is 11.1. The molecule has 0 radical (unpaired) electrons. The Kier molecular flexibility index (Phi) is 3.19. The predicted octanol–water partition coefficient (Wildman–Crippen LogP) is 2.33. The second-order valence-corrected chi connectivity index (χ2v) is 4.47. The van der Waals surface area contributed by atoms with Gasteiger partial charge in [0.2, 0.25) is 0 Å². The van der Waals surface area contributed by atoms with Crippen LogP contribution in [0, 0.1) is 11.8 Å². The highest BCUT2D eigenvalue weighted by Crippen LogP contribution is 2.25. The normalized spacial score (nSPS) is 26.6. The highest BCUT2D eigenvalue weighted by molar-refractivity contribution is 5.71. The van der Waals surface area contributed by atoms with Crippen molar-refractivity contribution in [2.75, 3.05) is 0 Å². The van der Waals surface area contributed by atoms with Gasteiger partial charge in [0, 0.05) is 0 Å². The summed E-state index contributed by atoms with van der Waals surface area (Å²) in [6.45, 7) is 12.3. The fourth-order valence-electron chi connectivity index (χ4n) is 1.62. The van der Waals surface area contributed by atoms with E-state index in [0.717, 1.165) is 5.57 Å². The molecule has 0 aromatic heterocycles. The number of carbonyl (C=O) groups is 1. The molecule has 1 amide bonds. The van der Waals surface area contributed by atoms with Gasteiger partial charge in [-0.3, -0.25) is 0 Å². The molecule has 3 nitrogen and oxygen atoms in total. The first-order chi connectivity index (χ1) is 6.43. The minimum atomic E-state index is -0.324. The van der Waals surface area contributed by atoms with Crippen molar-refractivity contribution in [1.82, 2.24) is 5.32 Å². The summed E-state index contributed by atoms with van der Waals surface area (Å²) in [6, 6.07) is -0.0255. The number of rotatable bonds is 3. The summed E-state index contributed by atoms with van der Waals surface area (Å²) >= 11 is 0. The monoisotopic (exact) mass is 197 g/mol. The quantitative estimate of drug-likeness (QED) is 0.705. The molecule has 0 aromatic carbocycles. The van der Waals surface area contributed by atoms with Crippen LogP contribution in [-0.2, 0) is 4.74 Å². The van der Waals surface area contributed by atoms with Crippen molar-refractivity contribution in [2.45, 2.75) is 39.8 Å². The fraction of sp³-hybridized carbons (Fsp3) is 0.727. The van der Waals surface area contributed by atoms with Gasteiger partial charge in [0.1, 0.15) is 6.10 Å². The van der Waals surface area contributed by atoms with E-state index in [9.17, 15) is 4.79 Å². The molecule has 0 bridgehead atoms. The van der Waals surface area contributed by atoms with E-state index in [1.54, 1.807) is 0 Å². The SMILES string of the molecule is C=C(C(C)C)[C@H]1NC(=O)O[C@H]1C(C)C. The number of ether oxygens (including phenoxy) is 1. The lowest BCUT2D eigenvalue weighted by atomic mass is 9.89. The predicted molar refractivity (Wildman–Crippen MR) is 56.0 cm³/mol. The standard InChI is InChI=1S/C11H19NO2/c1-6(2)8(5)9-10(7(3)4)14-11(13)12-9/h6-7,9-10H,5H2,1-4H3,(H,12,13)/t9-,10+/m1/s1. The number of hydrogen-bond acceptors (Lipinski definition) is 2. The summed E-state index contributed by atoms with van der Waals surface area (Å²) < 4.78 is 5.20. The second-order valence-electron chi connectivity index (χ2n) is 4.47. The Morgan fingerprint density at radius 3 is 2.43 bits per heavy atom. The summed E-state index contributed by atoms with van der Waals surface area (Å²) in [4.78, 5) is 11.1. The Balaban J connectivity index is 2.76. The van der Waals surface area contributed by atoms with Crippen LogP contribution in [0.3, 0.4) is 0 Å². The molecular weight excluding hydrogens is 178 g/mol. The van der Waals surface area contributed by atoms with Gasteiger partial charge < -0.3 is 10.1 Å². The lowest BCUT2D eigenvalue weighted by Gasteiger charge is -2.23. The van der Waals surface area contributed by atoms with Crippen LogP contribution in [0.25, 0.3) is 0 Å². The number of nitrogens with one attached hydrogen (secondary N) is 1. The zero-order chi connectivity index (χ0) is 10.9. The zero-order valence-corrected chi connectivity index (χ0v) is 9.33. The molecule has 3 heteroatoms. The van der Waals surface area contributed by atoms with E-state index < -0.39 is 0 Å². The third kappa shape index (κ3) is 2.08. The van der Waals surface area contributed by atoms with Gasteiger partial charge >= 0.3 is 6.09 Å². The number of alkyl carbamates (subject to hydrolysis) is 1. The van der Waals surface area contributed by atoms with Crippen LogP contribution < -0.4 is 5.32 Å². The first-order valence-electron chi connectivity index (χ1n) is 5.09. The van der Waals surface area contributed by atoms with Gasteiger partial charge in [-0.2, -0.15) is 0 Å². The van der Waals surface area contributed by atoms with E-state index in [4.69, 9.17) is 4.74 Å². The third-order valence-electron chi connectivity index (χ3n) is 2.64. The van der Waals surface area contributed by atoms with Crippen LogP contribution >= 0.6 is 0 Å². The zero-order valence-electron chi connectivity index (χ0n) is 9.33. The van der Waals surface area contributed by atoms with Crippen molar-refractivity contribution in [3.05, 3.63) is 12.2 Å². The van der Waals surface area contributed by atoms with Crippen molar-refractivity contribution < 1.29 is 9.53 Å². The highest BCUT2D eigenvalue weighted by Gasteiger charge is 2.38. The molecule has 1 rings (SSSR count). The van der Waals surface area contributed by atoms with E-state index in [1.807, 2.05) is 13.8 Å². The molecule has 0 aromatic rings. The maximum absolute atomic E-state index is 11.1. The van der Waals surface area contributed by atoms with Crippen molar-refractivity contribution in [3.8, 4) is 0 Å². The molecule has 1 heterocycles. The van der Waals surface area contributed by atoms with Crippen LogP contribution in [0.5, 0.6) is 0 Å². The Labute approximate surface area is 85.5 Å². The first-order valence-corrected chi connectivity index (χ1v) is 5.09. The van der Waals surface area contributed by atoms with E-state index >= 15 is 0 Å². The van der Waals surface area contributed by atoms with Gasteiger partial charge in [-0.25, -0.2) is 4.79 Å². The average Bonchev–Trinajstić information content (AvgIpc) is 2.45. The van der Waals surface area contributed by atoms with Gasteiger partial charge in [-0.15, -0.1) is 0 Å². The summed E-state index contributed by atoms with van der Waals surface area (Å²) in [6.07, 6.45) is -0.395. The molecule has 0 spiro atoms. The number of hydrogen-bond donors (Lipinski definition) is 1. The molecule has 0 unspecified atom stereocenters. The molecular formula is C11H19NO2. The van der Waals surface area contributed by atoms with Gasteiger partial charge in [-0.05, 0) is 17.4 Å². The fourth-order valence-corrected chi connectivity index (χ4v) is 1.62. The Bertz CT molecular complexity index is 246. The lowest BCUT2D eigenvalue weighted by Crippen LogP contribution is -2.37. The van der Waals surface area contributed by atoms with Crippen LogP contribution in [0.2, 0.25) is 0 Å². The maximum atomic E-state index is 11.1. The molecule has 1 N–H and O–H groups in total. The minimum absolute atomic E-state index is 0.0255. The molecule has 0 saturated carbocycles. The highest BCUT2D eigenvalue weighted by atomic mass is 16.6. The smallest absolute Gasteiger partial charge is 0.408 e. The topological polar surface area (TPSA) is 38.3 Å². The van der Waals surface area contributed by atoms with E-state index in [-0.39, 0.29) is 18.2 Å². The minimum Gasteiger partial charge on any atom is -0.443 e. The Morgan fingerprint density at radius 2 is 2.00 bits per heavy atom. The summed E-state index contributed by atoms with van der Waals surface area (Å²) in [5, 5.41) is 2.81. The molecule has 14 heavy (non-hydrogen) atoms. The second kappa shape index (κ2) is 4.03. The molecule has 1 fully saturated rings. The maximum Gasteiger partial charge on any atom is 0.408 e. The number of carbonyl (C=O) groups excluding carboxylic acids is 1. The molecule has 2 atom stereocenters. The molecule has 1 aliphatic heterocycles. The van der Waals surface area contributed by atoms with Crippen molar-refractivity contribution in [2.24, 2.45) is 11.8 Å². The van der Waals surface area contributed by atoms with E-state index in [0.29, 0.717) is 11.8 Å². The molecule has 80 valence electrons. The lowest BCUT2D eigenvalue weighted by molar-refractivity contribution is 0.106. The largest absolute Gasteiger partial charge is 0.443 e. The van der Waals surface area contributed by atoms with Crippen LogP contribution in [0.1, 0.15) is 27.7 Å². The van der Waals surface area contributed by atoms with Crippen molar-refractivity contribution in [1.29, 1.82) is 0 Å². The van der Waals surface area contributed by atoms with Gasteiger partial charge in [-0.1, -0.05) is 34.3 Å². The van der Waals surface area contributed by atoms with Gasteiger partial charge in [0.25, 0.3) is 0 Å². The summed E-state index contributed by atoms with van der Waals surface area (Å²) in [5.74, 6) is 0.678. The Hall–Kier alpha value is -0.990.